The molecule has 8 heteroatoms. The molecule has 0 radical (unpaired) electrons. The number of aromatic hydroxyl groups is 1. The number of hydrogen-bond donors (Lipinski definition) is 2. The molecule has 0 aliphatic heterocycles. The first-order valence-corrected chi connectivity index (χ1v) is 16.1. The highest BCUT2D eigenvalue weighted by Gasteiger charge is 2.43. The summed E-state index contributed by atoms with van der Waals surface area (Å²) in [6, 6.07) is 17.1. The third-order valence-corrected chi connectivity index (χ3v) is 9.90. The van der Waals surface area contributed by atoms with Crippen LogP contribution < -0.4 is 9.26 Å². The topological polar surface area (TPSA) is 96.3 Å². The Bertz CT molecular complexity index is 1350. The Morgan fingerprint density at radius 2 is 1.54 bits per heavy atom. The molecule has 0 unspecified atom stereocenters. The van der Waals surface area contributed by atoms with Crippen LogP contribution in [0.3, 0.4) is 0 Å². The molecule has 3 aromatic rings. The Morgan fingerprint density at radius 1 is 0.927 bits per heavy atom. The molecule has 0 amide bonds. The molecular weight excluding hydrogens is 537 g/mol. The van der Waals surface area contributed by atoms with Gasteiger partial charge in [-0.25, -0.2) is 4.67 Å². The summed E-state index contributed by atoms with van der Waals surface area (Å²) in [6.45, 7) is 13.6. The van der Waals surface area contributed by atoms with Crippen molar-refractivity contribution in [3.05, 3.63) is 88.5 Å². The van der Waals surface area contributed by atoms with Crippen molar-refractivity contribution in [3.8, 4) is 17.2 Å². The van der Waals surface area contributed by atoms with Gasteiger partial charge in [-0.2, -0.15) is 0 Å². The van der Waals surface area contributed by atoms with E-state index in [0.717, 1.165) is 27.8 Å². The Labute approximate surface area is 244 Å². The van der Waals surface area contributed by atoms with Crippen LogP contribution in [-0.2, 0) is 15.8 Å². The van der Waals surface area contributed by atoms with Crippen molar-refractivity contribution in [1.82, 2.24) is 4.67 Å². The van der Waals surface area contributed by atoms with Gasteiger partial charge in [0.15, 0.2) is 6.35 Å². The second-order valence-corrected chi connectivity index (χ2v) is 13.1. The Kier molecular flexibility index (Phi) is 11.1. The molecular formula is C33H44NO6P. The molecule has 0 bridgehead atoms. The van der Waals surface area contributed by atoms with Gasteiger partial charge < -0.3 is 19.5 Å². The maximum atomic E-state index is 14.6. The van der Waals surface area contributed by atoms with Crippen LogP contribution in [0.2, 0.25) is 0 Å². The van der Waals surface area contributed by atoms with Crippen LogP contribution >= 0.6 is 7.52 Å². The molecule has 0 aliphatic carbocycles. The average Bonchev–Trinajstić information content (AvgIpc) is 2.93. The summed E-state index contributed by atoms with van der Waals surface area (Å²) in [5.74, 6) is 0.389. The molecule has 2 atom stereocenters. The lowest BCUT2D eigenvalue weighted by molar-refractivity contribution is -0.141. The van der Waals surface area contributed by atoms with Gasteiger partial charge in [-0.3, -0.25) is 9.36 Å². The summed E-state index contributed by atoms with van der Waals surface area (Å²) < 4.78 is 28.4. The summed E-state index contributed by atoms with van der Waals surface area (Å²) in [6.07, 6.45) is 1.62. The maximum absolute atomic E-state index is 14.6. The van der Waals surface area contributed by atoms with E-state index in [0.29, 0.717) is 36.5 Å². The van der Waals surface area contributed by atoms with Gasteiger partial charge in [0.05, 0.1) is 0 Å². The van der Waals surface area contributed by atoms with Crippen molar-refractivity contribution in [3.63, 3.8) is 0 Å². The van der Waals surface area contributed by atoms with Crippen LogP contribution in [0.1, 0.15) is 81.2 Å². The first kappa shape index (κ1) is 32.2. The number of carboxylic acids is 1. The van der Waals surface area contributed by atoms with Gasteiger partial charge in [0.1, 0.15) is 23.3 Å². The first-order valence-electron chi connectivity index (χ1n) is 14.3. The predicted molar refractivity (Wildman–Crippen MR) is 164 cm³/mol. The highest BCUT2D eigenvalue weighted by molar-refractivity contribution is 7.56. The van der Waals surface area contributed by atoms with Gasteiger partial charge in [-0.15, -0.1) is 0 Å². The van der Waals surface area contributed by atoms with Gasteiger partial charge >= 0.3 is 13.5 Å². The van der Waals surface area contributed by atoms with Gasteiger partial charge in [0.25, 0.3) is 0 Å². The van der Waals surface area contributed by atoms with Crippen LogP contribution in [0.15, 0.2) is 60.7 Å². The van der Waals surface area contributed by atoms with Crippen molar-refractivity contribution in [2.45, 2.75) is 85.7 Å². The second kappa shape index (κ2) is 14.1. The predicted octanol–water partition coefficient (Wildman–Crippen LogP) is 8.30. The quantitative estimate of drug-likeness (QED) is 0.185. The van der Waals surface area contributed by atoms with Crippen LogP contribution in [-0.4, -0.2) is 39.3 Å². The molecule has 0 heterocycles. The van der Waals surface area contributed by atoms with Crippen LogP contribution in [0.25, 0.3) is 0 Å². The number of aliphatic carboxylic acids is 1. The standard InChI is InChI=1S/C33H44NO6P/c1-8-27(9-2)34(25(7)33(36)37)41(38,40-28-13-11-10-12-14-28)21-39-29-17-23(5)31(24(6)18-29)20-26-15-16-32(35)30(19-26)22(3)4/h10-19,22,25,27,35H,8-9,20-21H2,1-7H3,(H,36,37)/t25-,41+/m0/s1. The number of phenols is 1. The van der Waals surface area contributed by atoms with Gasteiger partial charge in [-0.05, 0) is 104 Å². The van der Waals surface area contributed by atoms with Gasteiger partial charge in [0, 0.05) is 6.04 Å². The second-order valence-electron chi connectivity index (χ2n) is 10.9. The van der Waals surface area contributed by atoms with Crippen molar-refractivity contribution >= 4 is 13.5 Å². The van der Waals surface area contributed by atoms with E-state index in [2.05, 4.69) is 19.9 Å². The number of aryl methyl sites for hydroxylation is 2. The van der Waals surface area contributed by atoms with E-state index in [9.17, 15) is 19.6 Å². The van der Waals surface area contributed by atoms with E-state index in [4.69, 9.17) is 9.26 Å². The molecule has 41 heavy (non-hydrogen) atoms. The number of ether oxygens (including phenoxy) is 1. The molecule has 2 N–H and O–H groups in total. The molecule has 0 saturated carbocycles. The highest BCUT2D eigenvalue weighted by atomic mass is 31.2. The number of nitrogens with zero attached hydrogens (tertiary/aromatic N) is 1. The summed E-state index contributed by atoms with van der Waals surface area (Å²) in [4.78, 5) is 12.1. The van der Waals surface area contributed by atoms with Crippen molar-refractivity contribution in [2.75, 3.05) is 6.35 Å². The normalized spacial score (nSPS) is 13.8. The molecule has 0 aliphatic rings. The van der Waals surface area contributed by atoms with E-state index in [1.165, 1.54) is 4.67 Å². The van der Waals surface area contributed by atoms with Crippen LogP contribution in [0.4, 0.5) is 0 Å². The third kappa shape index (κ3) is 7.93. The van der Waals surface area contributed by atoms with E-state index in [1.807, 2.05) is 52.0 Å². The number of rotatable bonds is 14. The minimum Gasteiger partial charge on any atom is -0.508 e. The molecule has 0 fully saturated rings. The van der Waals surface area contributed by atoms with Crippen molar-refractivity contribution < 1.29 is 28.8 Å². The molecule has 3 rings (SSSR count). The average molecular weight is 582 g/mol. The minimum absolute atomic E-state index is 0.213. The highest BCUT2D eigenvalue weighted by Crippen LogP contribution is 2.54. The smallest absolute Gasteiger partial charge is 0.357 e. The summed E-state index contributed by atoms with van der Waals surface area (Å²) in [5.41, 5.74) is 5.22. The zero-order chi connectivity index (χ0) is 30.3. The van der Waals surface area contributed by atoms with Crippen molar-refractivity contribution in [2.24, 2.45) is 0 Å². The summed E-state index contributed by atoms with van der Waals surface area (Å²) in [7, 11) is -3.83. The largest absolute Gasteiger partial charge is 0.508 e. The fourth-order valence-electron chi connectivity index (χ4n) is 5.24. The lowest BCUT2D eigenvalue weighted by Crippen LogP contribution is -2.45. The zero-order valence-corrected chi connectivity index (χ0v) is 26.2. The van der Waals surface area contributed by atoms with E-state index in [1.54, 1.807) is 37.3 Å². The minimum atomic E-state index is -3.83. The maximum Gasteiger partial charge on any atom is 0.357 e. The zero-order valence-electron chi connectivity index (χ0n) is 25.3. The number of benzene rings is 3. The number of carboxylic acid groups (broad SMARTS) is 1. The van der Waals surface area contributed by atoms with E-state index < -0.39 is 19.5 Å². The number of hydrogen-bond acceptors (Lipinski definition) is 5. The first-order chi connectivity index (χ1) is 19.4. The van der Waals surface area contributed by atoms with Gasteiger partial charge in [-0.1, -0.05) is 58.0 Å². The molecule has 3 aromatic carbocycles. The molecule has 0 aromatic heterocycles. The molecule has 222 valence electrons. The Hall–Kier alpha value is -3.28. The van der Waals surface area contributed by atoms with E-state index in [-0.39, 0.29) is 18.3 Å². The van der Waals surface area contributed by atoms with E-state index >= 15 is 0 Å². The Morgan fingerprint density at radius 3 is 2.07 bits per heavy atom. The monoisotopic (exact) mass is 581 g/mol. The number of phenolic OH excluding ortho intramolecular Hbond substituents is 1. The van der Waals surface area contributed by atoms with Gasteiger partial charge in [0.2, 0.25) is 0 Å². The summed E-state index contributed by atoms with van der Waals surface area (Å²) in [5, 5.41) is 20.1. The van der Waals surface area contributed by atoms with Crippen LogP contribution in [0, 0.1) is 13.8 Å². The molecule has 7 nitrogen and oxygen atoms in total. The lowest BCUT2D eigenvalue weighted by atomic mass is 9.93. The summed E-state index contributed by atoms with van der Waals surface area (Å²) >= 11 is 0. The fraction of sp³-hybridized carbons (Fsp3) is 0.424. The number of carbonyl (C=O) groups is 1. The number of para-hydroxylation sites is 1. The SMILES string of the molecule is CCC(CC)N([C@@H](C)C(=O)O)[P@@](=O)(COc1cc(C)c(Cc2ccc(O)c(C(C)C)c2)c(C)c1)Oc1ccccc1. The fourth-order valence-corrected chi connectivity index (χ4v) is 7.74. The molecule has 0 saturated heterocycles. The lowest BCUT2D eigenvalue weighted by Gasteiger charge is -2.38. The third-order valence-electron chi connectivity index (χ3n) is 7.57. The van der Waals surface area contributed by atoms with Crippen LogP contribution in [0.5, 0.6) is 17.2 Å². The molecule has 0 spiro atoms. The Balaban J connectivity index is 1.93. The van der Waals surface area contributed by atoms with Crippen molar-refractivity contribution in [1.29, 1.82) is 0 Å².